The van der Waals surface area contributed by atoms with E-state index in [0.29, 0.717) is 19.7 Å². The summed E-state index contributed by atoms with van der Waals surface area (Å²) in [5.74, 6) is 0.871. The van der Waals surface area contributed by atoms with Crippen LogP contribution in [-0.4, -0.2) is 42.4 Å². The predicted molar refractivity (Wildman–Crippen MR) is 80.4 cm³/mol. The van der Waals surface area contributed by atoms with Gasteiger partial charge in [0.2, 0.25) is 0 Å². The molecule has 2 aromatic rings. The van der Waals surface area contributed by atoms with Crippen LogP contribution in [0.4, 0.5) is 0 Å². The molecule has 0 aliphatic rings. The van der Waals surface area contributed by atoms with Crippen molar-refractivity contribution in [3.05, 3.63) is 41.2 Å². The summed E-state index contributed by atoms with van der Waals surface area (Å²) in [6, 6.07) is 6.13. The van der Waals surface area contributed by atoms with Gasteiger partial charge in [0.05, 0.1) is 32.2 Å². The van der Waals surface area contributed by atoms with Crippen LogP contribution in [0.15, 0.2) is 24.4 Å². The van der Waals surface area contributed by atoms with E-state index in [-0.39, 0.29) is 0 Å². The Kier molecular flexibility index (Phi) is 5.71. The summed E-state index contributed by atoms with van der Waals surface area (Å²) in [6.45, 7) is 4.89. The van der Waals surface area contributed by atoms with Gasteiger partial charge < -0.3 is 14.8 Å². The Bertz CT molecular complexity index is 569. The number of aryl methyl sites for hydroxylation is 1. The second kappa shape index (κ2) is 7.75. The van der Waals surface area contributed by atoms with Gasteiger partial charge in [0.25, 0.3) is 0 Å². The maximum Gasteiger partial charge on any atom is 0.123 e. The molecule has 0 aliphatic heterocycles. The molecule has 2 rings (SSSR count). The molecule has 0 bridgehead atoms. The van der Waals surface area contributed by atoms with Crippen molar-refractivity contribution < 1.29 is 9.47 Å². The maximum atomic E-state index is 5.38. The third-order valence-electron chi connectivity index (χ3n) is 3.14. The van der Waals surface area contributed by atoms with Gasteiger partial charge in [0.1, 0.15) is 5.75 Å². The van der Waals surface area contributed by atoms with Crippen LogP contribution in [0.2, 0.25) is 0 Å². The number of hydrogen-bond donors (Lipinski definition) is 1. The molecule has 6 nitrogen and oxygen atoms in total. The van der Waals surface area contributed by atoms with Gasteiger partial charge in [-0.2, -0.15) is 0 Å². The maximum absolute atomic E-state index is 5.38. The minimum atomic E-state index is 0.649. The first-order chi connectivity index (χ1) is 10.2. The Labute approximate surface area is 125 Å². The lowest BCUT2D eigenvalue weighted by Gasteiger charge is -2.09. The summed E-state index contributed by atoms with van der Waals surface area (Å²) in [7, 11) is 3.37. The van der Waals surface area contributed by atoms with Crippen molar-refractivity contribution in [2.45, 2.75) is 20.0 Å². The fourth-order valence-corrected chi connectivity index (χ4v) is 2.09. The number of nitrogens with one attached hydrogen (secondary N) is 1. The molecule has 1 aromatic carbocycles. The fourth-order valence-electron chi connectivity index (χ4n) is 2.09. The highest BCUT2D eigenvalue weighted by Gasteiger charge is 2.06. The van der Waals surface area contributed by atoms with Crippen molar-refractivity contribution >= 4 is 0 Å². The zero-order valence-electron chi connectivity index (χ0n) is 12.8. The largest absolute Gasteiger partial charge is 0.496 e. The monoisotopic (exact) mass is 290 g/mol. The molecule has 0 fully saturated rings. The standard InChI is InChI=1S/C15H22N4O2/c1-12-4-5-15(21-3)13(8-12)10-19-11-14(17-18-19)9-16-6-7-20-2/h4-5,8,11,16H,6-7,9-10H2,1-3H3. The molecule has 6 heteroatoms. The first-order valence-corrected chi connectivity index (χ1v) is 6.95. The first kappa shape index (κ1) is 15.5. The quantitative estimate of drug-likeness (QED) is 0.744. The highest BCUT2D eigenvalue weighted by atomic mass is 16.5. The number of ether oxygens (including phenoxy) is 2. The Hall–Kier alpha value is -1.92. The number of methoxy groups -OCH3 is 2. The van der Waals surface area contributed by atoms with Crippen LogP contribution in [0.1, 0.15) is 16.8 Å². The van der Waals surface area contributed by atoms with E-state index in [1.807, 2.05) is 23.0 Å². The van der Waals surface area contributed by atoms with Crippen molar-refractivity contribution in [2.24, 2.45) is 0 Å². The molecule has 0 radical (unpaired) electrons. The minimum Gasteiger partial charge on any atom is -0.496 e. The number of benzene rings is 1. The molecular weight excluding hydrogens is 268 g/mol. The fraction of sp³-hybridized carbons (Fsp3) is 0.467. The van der Waals surface area contributed by atoms with Gasteiger partial charge in [-0.1, -0.05) is 22.9 Å². The molecule has 114 valence electrons. The summed E-state index contributed by atoms with van der Waals surface area (Å²) < 4.78 is 12.2. The molecule has 0 saturated carbocycles. The molecule has 0 unspecified atom stereocenters. The van der Waals surface area contributed by atoms with Gasteiger partial charge in [0, 0.05) is 25.8 Å². The Morgan fingerprint density at radius 1 is 1.29 bits per heavy atom. The molecule has 0 spiro atoms. The van der Waals surface area contributed by atoms with Gasteiger partial charge in [-0.15, -0.1) is 5.10 Å². The van der Waals surface area contributed by atoms with E-state index in [4.69, 9.17) is 9.47 Å². The zero-order chi connectivity index (χ0) is 15.1. The predicted octanol–water partition coefficient (Wildman–Crippen LogP) is 1.38. The Morgan fingerprint density at radius 3 is 2.90 bits per heavy atom. The normalized spacial score (nSPS) is 10.8. The summed E-state index contributed by atoms with van der Waals surface area (Å²) in [5.41, 5.74) is 3.21. The van der Waals surface area contributed by atoms with Crippen LogP contribution in [0.5, 0.6) is 5.75 Å². The lowest BCUT2D eigenvalue weighted by Crippen LogP contribution is -2.18. The summed E-state index contributed by atoms with van der Waals surface area (Å²) >= 11 is 0. The van der Waals surface area contributed by atoms with Crippen molar-refractivity contribution in [1.82, 2.24) is 20.3 Å². The van der Waals surface area contributed by atoms with Crippen molar-refractivity contribution in [2.75, 3.05) is 27.4 Å². The van der Waals surface area contributed by atoms with Gasteiger partial charge in [-0.3, -0.25) is 0 Å². The lowest BCUT2D eigenvalue weighted by molar-refractivity contribution is 0.199. The highest BCUT2D eigenvalue weighted by molar-refractivity contribution is 5.36. The van der Waals surface area contributed by atoms with Gasteiger partial charge >= 0.3 is 0 Å². The average molecular weight is 290 g/mol. The van der Waals surface area contributed by atoms with Crippen LogP contribution in [-0.2, 0) is 17.8 Å². The van der Waals surface area contributed by atoms with Crippen LogP contribution < -0.4 is 10.1 Å². The number of aromatic nitrogens is 3. The second-order valence-electron chi connectivity index (χ2n) is 4.89. The van der Waals surface area contributed by atoms with Gasteiger partial charge in [-0.25, -0.2) is 4.68 Å². The molecule has 0 aliphatic carbocycles. The molecule has 0 saturated heterocycles. The van der Waals surface area contributed by atoms with E-state index in [1.54, 1.807) is 14.2 Å². The van der Waals surface area contributed by atoms with E-state index in [2.05, 4.69) is 28.6 Å². The lowest BCUT2D eigenvalue weighted by atomic mass is 10.1. The summed E-state index contributed by atoms with van der Waals surface area (Å²) in [5, 5.41) is 11.6. The zero-order valence-corrected chi connectivity index (χ0v) is 12.8. The Morgan fingerprint density at radius 2 is 2.14 bits per heavy atom. The third kappa shape index (κ3) is 4.54. The van der Waals surface area contributed by atoms with E-state index in [0.717, 1.165) is 23.6 Å². The first-order valence-electron chi connectivity index (χ1n) is 6.95. The summed E-state index contributed by atoms with van der Waals surface area (Å²) in [6.07, 6.45) is 1.95. The Balaban J connectivity index is 1.97. The van der Waals surface area contributed by atoms with E-state index < -0.39 is 0 Å². The van der Waals surface area contributed by atoms with Crippen LogP contribution in [0.25, 0.3) is 0 Å². The number of nitrogens with zero attached hydrogens (tertiary/aromatic N) is 3. The molecule has 0 amide bonds. The third-order valence-corrected chi connectivity index (χ3v) is 3.14. The highest BCUT2D eigenvalue weighted by Crippen LogP contribution is 2.20. The summed E-state index contributed by atoms with van der Waals surface area (Å²) in [4.78, 5) is 0. The van der Waals surface area contributed by atoms with E-state index in [9.17, 15) is 0 Å². The van der Waals surface area contributed by atoms with Crippen molar-refractivity contribution in [1.29, 1.82) is 0 Å². The van der Waals surface area contributed by atoms with E-state index in [1.165, 1.54) is 5.56 Å². The second-order valence-corrected chi connectivity index (χ2v) is 4.89. The van der Waals surface area contributed by atoms with Crippen LogP contribution in [0.3, 0.4) is 0 Å². The smallest absolute Gasteiger partial charge is 0.123 e. The van der Waals surface area contributed by atoms with Crippen LogP contribution in [0, 0.1) is 6.92 Å². The molecule has 1 aromatic heterocycles. The van der Waals surface area contributed by atoms with Crippen LogP contribution >= 0.6 is 0 Å². The SMILES string of the molecule is COCCNCc1cn(Cc2cc(C)ccc2OC)nn1. The van der Waals surface area contributed by atoms with Gasteiger partial charge in [0.15, 0.2) is 0 Å². The minimum absolute atomic E-state index is 0.649. The average Bonchev–Trinajstić information content (AvgIpc) is 2.91. The number of rotatable bonds is 8. The molecular formula is C15H22N4O2. The van der Waals surface area contributed by atoms with Crippen molar-refractivity contribution in [3.63, 3.8) is 0 Å². The van der Waals surface area contributed by atoms with Gasteiger partial charge in [-0.05, 0) is 13.0 Å². The molecule has 0 atom stereocenters. The molecule has 1 heterocycles. The number of hydrogen-bond acceptors (Lipinski definition) is 5. The van der Waals surface area contributed by atoms with Crippen molar-refractivity contribution in [3.8, 4) is 5.75 Å². The molecule has 1 N–H and O–H groups in total. The van der Waals surface area contributed by atoms with E-state index >= 15 is 0 Å². The molecule has 21 heavy (non-hydrogen) atoms. The topological polar surface area (TPSA) is 61.2 Å².